The molecule has 5 heteroatoms. The minimum Gasteiger partial charge on any atom is -0.478 e. The number of aryl methyl sites for hydroxylation is 1. The van der Waals surface area contributed by atoms with E-state index in [-0.39, 0.29) is 11.1 Å². The number of halogens is 1. The highest BCUT2D eigenvalue weighted by molar-refractivity contribution is 14.1. The predicted octanol–water partition coefficient (Wildman–Crippen LogP) is 3.55. The number of hydrogen-bond acceptors (Lipinski definition) is 2. The van der Waals surface area contributed by atoms with Crippen LogP contribution in [0, 0.1) is 10.5 Å². The number of hydrogen-bond donors (Lipinski definition) is 2. The zero-order valence-corrected chi connectivity index (χ0v) is 12.8. The number of anilines is 1. The third-order valence-electron chi connectivity index (χ3n) is 2.85. The molecule has 0 atom stereocenters. The van der Waals surface area contributed by atoms with Gasteiger partial charge in [-0.25, -0.2) is 4.79 Å². The van der Waals surface area contributed by atoms with Gasteiger partial charge < -0.3 is 10.4 Å². The van der Waals surface area contributed by atoms with Crippen molar-refractivity contribution in [2.45, 2.75) is 6.92 Å². The Morgan fingerprint density at radius 3 is 2.40 bits per heavy atom. The van der Waals surface area contributed by atoms with Gasteiger partial charge in [0.15, 0.2) is 0 Å². The number of aromatic carboxylic acids is 1. The second-order valence-corrected chi connectivity index (χ2v) is 5.51. The lowest BCUT2D eigenvalue weighted by Gasteiger charge is -2.10. The average Bonchev–Trinajstić information content (AvgIpc) is 2.42. The lowest BCUT2D eigenvalue weighted by atomic mass is 10.1. The number of rotatable bonds is 3. The van der Waals surface area contributed by atoms with Crippen LogP contribution in [0.1, 0.15) is 26.3 Å². The first-order valence-electron chi connectivity index (χ1n) is 5.89. The third kappa shape index (κ3) is 3.16. The van der Waals surface area contributed by atoms with E-state index in [4.69, 9.17) is 5.11 Å². The van der Waals surface area contributed by atoms with Gasteiger partial charge in [-0.1, -0.05) is 18.2 Å². The fourth-order valence-electron chi connectivity index (χ4n) is 1.79. The number of benzene rings is 2. The van der Waals surface area contributed by atoms with E-state index < -0.39 is 11.9 Å². The quantitative estimate of drug-likeness (QED) is 0.800. The van der Waals surface area contributed by atoms with E-state index >= 15 is 0 Å². The van der Waals surface area contributed by atoms with Crippen molar-refractivity contribution in [2.24, 2.45) is 0 Å². The monoisotopic (exact) mass is 381 g/mol. The van der Waals surface area contributed by atoms with Crippen LogP contribution < -0.4 is 5.32 Å². The van der Waals surface area contributed by atoms with E-state index in [1.54, 1.807) is 12.1 Å². The molecule has 0 radical (unpaired) electrons. The molecule has 2 aromatic carbocycles. The van der Waals surface area contributed by atoms with Crippen molar-refractivity contribution in [3.63, 3.8) is 0 Å². The lowest BCUT2D eigenvalue weighted by Crippen LogP contribution is -2.17. The summed E-state index contributed by atoms with van der Waals surface area (Å²) in [6, 6.07) is 11.8. The van der Waals surface area contributed by atoms with Gasteiger partial charge >= 0.3 is 5.97 Å². The van der Waals surface area contributed by atoms with E-state index in [0.29, 0.717) is 5.69 Å². The van der Waals surface area contributed by atoms with Crippen LogP contribution in [0.3, 0.4) is 0 Å². The SMILES string of the molecule is Cc1ccc(I)cc1NC(=O)c1ccccc1C(=O)O. The topological polar surface area (TPSA) is 66.4 Å². The second-order valence-electron chi connectivity index (χ2n) is 4.26. The zero-order valence-electron chi connectivity index (χ0n) is 10.7. The van der Waals surface area contributed by atoms with Gasteiger partial charge in [-0.15, -0.1) is 0 Å². The standard InChI is InChI=1S/C15H12INO3/c1-9-6-7-10(16)8-13(9)17-14(18)11-4-2-3-5-12(11)15(19)20/h2-8H,1H3,(H,17,18)(H,19,20). The van der Waals surface area contributed by atoms with Gasteiger partial charge in [0.05, 0.1) is 11.1 Å². The minimum absolute atomic E-state index is 0.00622. The molecule has 0 aliphatic carbocycles. The highest BCUT2D eigenvalue weighted by Crippen LogP contribution is 2.20. The molecule has 0 saturated heterocycles. The molecular weight excluding hydrogens is 369 g/mol. The van der Waals surface area contributed by atoms with Gasteiger partial charge in [0.25, 0.3) is 5.91 Å². The van der Waals surface area contributed by atoms with Crippen LogP contribution in [0.5, 0.6) is 0 Å². The van der Waals surface area contributed by atoms with Crippen molar-refractivity contribution >= 4 is 40.2 Å². The van der Waals surface area contributed by atoms with Gasteiger partial charge in [0, 0.05) is 9.26 Å². The van der Waals surface area contributed by atoms with Crippen molar-refractivity contribution in [1.29, 1.82) is 0 Å². The third-order valence-corrected chi connectivity index (χ3v) is 3.52. The molecule has 4 nitrogen and oxygen atoms in total. The number of carboxylic acids is 1. The molecule has 102 valence electrons. The number of nitrogens with one attached hydrogen (secondary N) is 1. The van der Waals surface area contributed by atoms with Crippen molar-refractivity contribution < 1.29 is 14.7 Å². The molecule has 0 spiro atoms. The molecule has 2 N–H and O–H groups in total. The van der Waals surface area contributed by atoms with Crippen LogP contribution in [0.4, 0.5) is 5.69 Å². The Morgan fingerprint density at radius 2 is 1.75 bits per heavy atom. The number of carbonyl (C=O) groups is 2. The van der Waals surface area contributed by atoms with E-state index in [0.717, 1.165) is 9.13 Å². The summed E-state index contributed by atoms with van der Waals surface area (Å²) in [7, 11) is 0. The highest BCUT2D eigenvalue weighted by atomic mass is 127. The summed E-state index contributed by atoms with van der Waals surface area (Å²) in [4.78, 5) is 23.3. The maximum Gasteiger partial charge on any atom is 0.336 e. The summed E-state index contributed by atoms with van der Waals surface area (Å²) in [5.41, 5.74) is 1.75. The largest absolute Gasteiger partial charge is 0.478 e. The van der Waals surface area contributed by atoms with Crippen molar-refractivity contribution in [3.8, 4) is 0 Å². The Balaban J connectivity index is 2.33. The van der Waals surface area contributed by atoms with Gasteiger partial charge in [-0.2, -0.15) is 0 Å². The highest BCUT2D eigenvalue weighted by Gasteiger charge is 2.16. The maximum atomic E-state index is 12.2. The van der Waals surface area contributed by atoms with Gasteiger partial charge in [0.2, 0.25) is 0 Å². The lowest BCUT2D eigenvalue weighted by molar-refractivity contribution is 0.0692. The fraction of sp³-hybridized carbons (Fsp3) is 0.0667. The summed E-state index contributed by atoms with van der Waals surface area (Å²) >= 11 is 2.16. The Morgan fingerprint density at radius 1 is 1.10 bits per heavy atom. The van der Waals surface area contributed by atoms with Gasteiger partial charge in [-0.3, -0.25) is 4.79 Å². The van der Waals surface area contributed by atoms with Crippen molar-refractivity contribution in [1.82, 2.24) is 0 Å². The van der Waals surface area contributed by atoms with Crippen LogP contribution >= 0.6 is 22.6 Å². The smallest absolute Gasteiger partial charge is 0.336 e. The molecule has 0 aliphatic heterocycles. The van der Waals surface area contributed by atoms with Crippen molar-refractivity contribution in [2.75, 3.05) is 5.32 Å². The summed E-state index contributed by atoms with van der Waals surface area (Å²) in [5, 5.41) is 11.9. The Kier molecular flexibility index (Phi) is 4.39. The Hall–Kier alpha value is -1.89. The van der Waals surface area contributed by atoms with E-state index in [1.165, 1.54) is 12.1 Å². The van der Waals surface area contributed by atoms with Gasteiger partial charge in [0.1, 0.15) is 0 Å². The van der Waals surface area contributed by atoms with Crippen LogP contribution in [0.2, 0.25) is 0 Å². The molecule has 0 fully saturated rings. The number of carbonyl (C=O) groups excluding carboxylic acids is 1. The second kappa shape index (κ2) is 6.04. The van der Waals surface area contributed by atoms with Gasteiger partial charge in [-0.05, 0) is 59.3 Å². The molecule has 0 bridgehead atoms. The summed E-state index contributed by atoms with van der Waals surface area (Å²) in [6.45, 7) is 1.88. The first-order chi connectivity index (χ1) is 9.49. The molecule has 1 amide bonds. The summed E-state index contributed by atoms with van der Waals surface area (Å²) in [6.07, 6.45) is 0. The van der Waals surface area contributed by atoms with E-state index in [2.05, 4.69) is 27.9 Å². The van der Waals surface area contributed by atoms with Crippen LogP contribution in [-0.4, -0.2) is 17.0 Å². The molecule has 0 aliphatic rings. The average molecular weight is 381 g/mol. The predicted molar refractivity (Wildman–Crippen MR) is 85.3 cm³/mol. The maximum absolute atomic E-state index is 12.2. The first-order valence-corrected chi connectivity index (χ1v) is 6.96. The molecule has 0 aromatic heterocycles. The molecular formula is C15H12INO3. The van der Waals surface area contributed by atoms with Crippen molar-refractivity contribution in [3.05, 3.63) is 62.7 Å². The summed E-state index contributed by atoms with van der Waals surface area (Å²) in [5.74, 6) is -1.54. The first kappa shape index (κ1) is 14.5. The number of amides is 1. The van der Waals surface area contributed by atoms with Crippen LogP contribution in [-0.2, 0) is 0 Å². The normalized spacial score (nSPS) is 10.1. The van der Waals surface area contributed by atoms with E-state index in [9.17, 15) is 9.59 Å². The number of carboxylic acid groups (broad SMARTS) is 1. The van der Waals surface area contributed by atoms with Crippen LogP contribution in [0.15, 0.2) is 42.5 Å². The molecule has 0 saturated carbocycles. The van der Waals surface area contributed by atoms with E-state index in [1.807, 2.05) is 25.1 Å². The van der Waals surface area contributed by atoms with Crippen LogP contribution in [0.25, 0.3) is 0 Å². The fourth-order valence-corrected chi connectivity index (χ4v) is 2.28. The molecule has 0 unspecified atom stereocenters. The molecule has 2 rings (SSSR count). The Bertz CT molecular complexity index is 683. The minimum atomic E-state index is -1.12. The summed E-state index contributed by atoms with van der Waals surface area (Å²) < 4.78 is 0.995. The molecule has 2 aromatic rings. The zero-order chi connectivity index (χ0) is 14.7. The molecule has 0 heterocycles. The molecule has 20 heavy (non-hydrogen) atoms. The Labute approximate surface area is 130 Å².